The highest BCUT2D eigenvalue weighted by Crippen LogP contribution is 2.34. The van der Waals surface area contributed by atoms with Gasteiger partial charge in [-0.25, -0.2) is 4.79 Å². The zero-order valence-corrected chi connectivity index (χ0v) is 14.9. The Hall–Kier alpha value is -2.37. The lowest BCUT2D eigenvalue weighted by atomic mass is 9.92. The Balaban J connectivity index is 2.61. The van der Waals surface area contributed by atoms with Crippen LogP contribution in [0.25, 0.3) is 10.9 Å². The Morgan fingerprint density at radius 2 is 2.04 bits per heavy atom. The van der Waals surface area contributed by atoms with Crippen LogP contribution in [0.15, 0.2) is 18.2 Å². The van der Waals surface area contributed by atoms with Gasteiger partial charge in [-0.1, -0.05) is 32.9 Å². The topological polar surface area (TPSA) is 67.2 Å². The monoisotopic (exact) mass is 330 g/mol. The molecule has 3 amide bonds. The normalized spacial score (nSPS) is 11.0. The summed E-state index contributed by atoms with van der Waals surface area (Å²) in [6.45, 7) is 6.86. The van der Waals surface area contributed by atoms with Gasteiger partial charge in [-0.15, -0.1) is 0 Å². The number of hydrogen-bond donors (Lipinski definition) is 1. The number of nitrogens with one attached hydrogen (secondary N) is 1. The van der Waals surface area contributed by atoms with Crippen molar-refractivity contribution in [2.24, 2.45) is 7.05 Å². The fourth-order valence-electron chi connectivity index (χ4n) is 3.26. The molecule has 0 saturated heterocycles. The molecule has 0 aliphatic heterocycles. The van der Waals surface area contributed by atoms with Gasteiger partial charge in [0, 0.05) is 19.0 Å². The average molecular weight is 330 g/mol. The van der Waals surface area contributed by atoms with Gasteiger partial charge in [0.1, 0.15) is 0 Å². The predicted octanol–water partition coefficient (Wildman–Crippen LogP) is 3.56. The Kier molecular flexibility index (Phi) is 5.95. The molecule has 6 heteroatoms. The summed E-state index contributed by atoms with van der Waals surface area (Å²) < 4.78 is 1.84. The third kappa shape index (κ3) is 3.27. The number of nitrogens with zero attached hydrogens (tertiary/aromatic N) is 3. The SMILES string of the molecule is CCCN(C(=O)NC=O)c1nn(C)c2c(C(CC)CC)cccc12. The summed E-state index contributed by atoms with van der Waals surface area (Å²) >= 11 is 0. The van der Waals surface area contributed by atoms with Gasteiger partial charge in [-0.3, -0.25) is 19.7 Å². The number of anilines is 1. The molecular formula is C18H26N4O2. The maximum atomic E-state index is 12.3. The number of fused-ring (bicyclic) bond motifs is 1. The number of benzene rings is 1. The lowest BCUT2D eigenvalue weighted by molar-refractivity contribution is -0.108. The number of carbonyl (C=O) groups is 2. The zero-order chi connectivity index (χ0) is 17.7. The van der Waals surface area contributed by atoms with Crippen LogP contribution in [0.3, 0.4) is 0 Å². The summed E-state index contributed by atoms with van der Waals surface area (Å²) in [6, 6.07) is 5.70. The van der Waals surface area contributed by atoms with E-state index >= 15 is 0 Å². The van der Waals surface area contributed by atoms with Crippen molar-refractivity contribution in [3.63, 3.8) is 0 Å². The molecular weight excluding hydrogens is 304 g/mol. The van der Waals surface area contributed by atoms with Crippen molar-refractivity contribution in [1.29, 1.82) is 0 Å². The molecule has 0 aliphatic carbocycles. The number of hydrogen-bond acceptors (Lipinski definition) is 3. The molecule has 0 unspecified atom stereocenters. The van der Waals surface area contributed by atoms with Gasteiger partial charge in [0.2, 0.25) is 6.41 Å². The number of rotatable bonds is 7. The van der Waals surface area contributed by atoms with Crippen LogP contribution < -0.4 is 10.2 Å². The van der Waals surface area contributed by atoms with E-state index in [-0.39, 0.29) is 0 Å². The molecule has 0 saturated carbocycles. The standard InChI is InChI=1S/C18H26N4O2/c1-5-11-22(18(24)19-12-23)17-15-10-8-9-14(13(6-2)7-3)16(15)21(4)20-17/h8-10,12-13H,5-7,11H2,1-4H3,(H,19,23,24). The molecule has 0 fully saturated rings. The minimum absolute atomic E-state index is 0.408. The Bertz CT molecular complexity index is 719. The van der Waals surface area contributed by atoms with Gasteiger partial charge in [0.25, 0.3) is 0 Å². The molecule has 2 rings (SSSR count). The molecule has 0 spiro atoms. The second-order valence-corrected chi connectivity index (χ2v) is 5.92. The molecule has 2 aromatic rings. The van der Waals surface area contributed by atoms with Crippen molar-refractivity contribution in [3.05, 3.63) is 23.8 Å². The molecule has 24 heavy (non-hydrogen) atoms. The Labute approximate surface area is 142 Å². The molecule has 0 bridgehead atoms. The molecule has 1 aromatic heterocycles. The van der Waals surface area contributed by atoms with E-state index in [1.165, 1.54) is 10.5 Å². The maximum absolute atomic E-state index is 12.3. The summed E-state index contributed by atoms with van der Waals surface area (Å²) in [5, 5.41) is 7.75. The van der Waals surface area contributed by atoms with Crippen molar-refractivity contribution in [2.45, 2.75) is 46.0 Å². The second-order valence-electron chi connectivity index (χ2n) is 5.92. The fraction of sp³-hybridized carbons (Fsp3) is 0.500. The lowest BCUT2D eigenvalue weighted by Gasteiger charge is -2.19. The van der Waals surface area contributed by atoms with Crippen LogP contribution in [0.1, 0.15) is 51.5 Å². The highest BCUT2D eigenvalue weighted by molar-refractivity contribution is 6.04. The number of aromatic nitrogens is 2. The first-order valence-electron chi connectivity index (χ1n) is 8.56. The summed E-state index contributed by atoms with van der Waals surface area (Å²) in [4.78, 5) is 24.4. The predicted molar refractivity (Wildman–Crippen MR) is 96.3 cm³/mol. The summed E-state index contributed by atoms with van der Waals surface area (Å²) in [7, 11) is 1.90. The molecule has 1 N–H and O–H groups in total. The van der Waals surface area contributed by atoms with E-state index in [0.717, 1.165) is 30.2 Å². The third-order valence-electron chi connectivity index (χ3n) is 4.43. The van der Waals surface area contributed by atoms with E-state index in [0.29, 0.717) is 24.7 Å². The van der Waals surface area contributed by atoms with Crippen molar-refractivity contribution in [3.8, 4) is 0 Å². The lowest BCUT2D eigenvalue weighted by Crippen LogP contribution is -2.40. The molecule has 130 valence electrons. The molecule has 0 aliphatic rings. The largest absolute Gasteiger partial charge is 0.329 e. The van der Waals surface area contributed by atoms with Crippen LogP contribution in [-0.4, -0.2) is 28.8 Å². The number of imide groups is 1. The molecule has 1 aromatic carbocycles. The first kappa shape index (κ1) is 18.0. The Morgan fingerprint density at radius 1 is 1.33 bits per heavy atom. The van der Waals surface area contributed by atoms with Crippen LogP contribution in [0.2, 0.25) is 0 Å². The van der Waals surface area contributed by atoms with Crippen LogP contribution in [0.5, 0.6) is 0 Å². The van der Waals surface area contributed by atoms with E-state index in [1.807, 2.05) is 30.8 Å². The van der Waals surface area contributed by atoms with Gasteiger partial charge in [-0.05, 0) is 36.8 Å². The van der Waals surface area contributed by atoms with Crippen molar-refractivity contribution in [2.75, 3.05) is 11.4 Å². The highest BCUT2D eigenvalue weighted by atomic mass is 16.2. The Morgan fingerprint density at radius 3 is 2.62 bits per heavy atom. The number of para-hydroxylation sites is 1. The molecule has 1 heterocycles. The second kappa shape index (κ2) is 7.95. The van der Waals surface area contributed by atoms with Crippen LogP contribution in [0.4, 0.5) is 10.6 Å². The van der Waals surface area contributed by atoms with Gasteiger partial charge in [0.05, 0.1) is 5.52 Å². The van der Waals surface area contributed by atoms with Gasteiger partial charge in [-0.2, -0.15) is 5.10 Å². The summed E-state index contributed by atoms with van der Waals surface area (Å²) in [5.74, 6) is 1.06. The van der Waals surface area contributed by atoms with Crippen molar-refractivity contribution >= 4 is 29.2 Å². The van der Waals surface area contributed by atoms with E-state index < -0.39 is 6.03 Å². The van der Waals surface area contributed by atoms with E-state index in [2.05, 4.69) is 30.3 Å². The molecule has 0 radical (unpaired) electrons. The summed E-state index contributed by atoms with van der Waals surface area (Å²) in [5.41, 5.74) is 2.31. The van der Waals surface area contributed by atoms with E-state index in [1.54, 1.807) is 0 Å². The first-order chi connectivity index (χ1) is 11.6. The highest BCUT2D eigenvalue weighted by Gasteiger charge is 2.23. The van der Waals surface area contributed by atoms with E-state index in [4.69, 9.17) is 0 Å². The van der Waals surface area contributed by atoms with Crippen molar-refractivity contribution < 1.29 is 9.59 Å². The molecule has 0 atom stereocenters. The number of urea groups is 1. The minimum Gasteiger partial charge on any atom is -0.280 e. The zero-order valence-electron chi connectivity index (χ0n) is 14.9. The van der Waals surface area contributed by atoms with Gasteiger partial charge >= 0.3 is 6.03 Å². The van der Waals surface area contributed by atoms with Gasteiger partial charge < -0.3 is 0 Å². The van der Waals surface area contributed by atoms with Crippen LogP contribution >= 0.6 is 0 Å². The number of carbonyl (C=O) groups excluding carboxylic acids is 2. The maximum Gasteiger partial charge on any atom is 0.329 e. The van der Waals surface area contributed by atoms with Crippen LogP contribution in [0, 0.1) is 0 Å². The van der Waals surface area contributed by atoms with Gasteiger partial charge in [0.15, 0.2) is 5.82 Å². The van der Waals surface area contributed by atoms with Crippen molar-refractivity contribution in [1.82, 2.24) is 15.1 Å². The smallest absolute Gasteiger partial charge is 0.280 e. The number of aryl methyl sites for hydroxylation is 1. The molecule has 6 nitrogen and oxygen atoms in total. The number of amides is 3. The first-order valence-corrected chi connectivity index (χ1v) is 8.56. The quantitative estimate of drug-likeness (QED) is 0.789. The third-order valence-corrected chi connectivity index (χ3v) is 4.43. The fourth-order valence-corrected chi connectivity index (χ4v) is 3.26. The van der Waals surface area contributed by atoms with Crippen LogP contribution in [-0.2, 0) is 11.8 Å². The van der Waals surface area contributed by atoms with E-state index in [9.17, 15) is 9.59 Å². The minimum atomic E-state index is -0.445. The average Bonchev–Trinajstić information content (AvgIpc) is 2.91. The summed E-state index contributed by atoms with van der Waals surface area (Å²) in [6.07, 6.45) is 3.29.